The number of thioether (sulfide) groups is 1. The van der Waals surface area contributed by atoms with Gasteiger partial charge in [0.25, 0.3) is 0 Å². The fourth-order valence-corrected chi connectivity index (χ4v) is 4.33. The van der Waals surface area contributed by atoms with Crippen molar-refractivity contribution >= 4 is 38.3 Å². The largest absolute Gasteiger partial charge is 0.399 e. The van der Waals surface area contributed by atoms with Gasteiger partial charge in [-0.2, -0.15) is 0 Å². The molecule has 1 aromatic rings. The topological polar surface area (TPSA) is 89.3 Å². The molecule has 0 aromatic heterocycles. The molecule has 0 saturated heterocycles. The molecule has 0 aliphatic heterocycles. The van der Waals surface area contributed by atoms with E-state index < -0.39 is 20.8 Å². The molecule has 114 valence electrons. The smallest absolute Gasteiger partial charge is 0.212 e. The van der Waals surface area contributed by atoms with Crippen LogP contribution >= 0.6 is 11.8 Å². The molecule has 0 bridgehead atoms. The van der Waals surface area contributed by atoms with Crippen LogP contribution in [0.25, 0.3) is 0 Å². The molecule has 0 aliphatic rings. The first-order chi connectivity index (χ1) is 9.39. The first-order valence-electron chi connectivity index (χ1n) is 6.15. The lowest BCUT2D eigenvalue weighted by molar-refractivity contribution is 0.582. The quantitative estimate of drug-likeness (QED) is 0.400. The predicted molar refractivity (Wildman–Crippen MR) is 86.9 cm³/mol. The third-order valence-corrected chi connectivity index (χ3v) is 5.95. The number of nitrogen functional groups attached to an aromatic ring is 1. The second-order valence-electron chi connectivity index (χ2n) is 4.26. The molecule has 0 amide bonds. The van der Waals surface area contributed by atoms with Gasteiger partial charge in [0.15, 0.2) is 0 Å². The van der Waals surface area contributed by atoms with Gasteiger partial charge in [-0.3, -0.25) is 4.21 Å². The molecule has 0 heterocycles. The number of rotatable bonds is 9. The van der Waals surface area contributed by atoms with Crippen LogP contribution in [0.4, 0.5) is 5.69 Å². The summed E-state index contributed by atoms with van der Waals surface area (Å²) in [6, 6.07) is 7.33. The zero-order chi connectivity index (χ0) is 15.0. The molecule has 20 heavy (non-hydrogen) atoms. The Labute approximate surface area is 127 Å². The van der Waals surface area contributed by atoms with Gasteiger partial charge in [-0.1, -0.05) is 0 Å². The molecule has 1 aromatic carbocycles. The molecule has 0 radical (unpaired) electrons. The van der Waals surface area contributed by atoms with E-state index in [1.807, 2.05) is 12.1 Å². The van der Waals surface area contributed by atoms with E-state index >= 15 is 0 Å². The lowest BCUT2D eigenvalue weighted by Crippen LogP contribution is -2.28. The number of hydrogen-bond acceptors (Lipinski definition) is 5. The van der Waals surface area contributed by atoms with Crippen LogP contribution in [0.15, 0.2) is 29.2 Å². The van der Waals surface area contributed by atoms with Gasteiger partial charge in [0, 0.05) is 45.7 Å². The van der Waals surface area contributed by atoms with Crippen molar-refractivity contribution in [1.82, 2.24) is 4.72 Å². The fraction of sp³-hybridized carbons (Fsp3) is 0.500. The van der Waals surface area contributed by atoms with Crippen molar-refractivity contribution in [2.24, 2.45) is 0 Å². The molecule has 3 N–H and O–H groups in total. The second kappa shape index (κ2) is 8.66. The van der Waals surface area contributed by atoms with Gasteiger partial charge in [0.1, 0.15) is 0 Å². The Morgan fingerprint density at radius 2 is 1.95 bits per heavy atom. The number of anilines is 1. The third-order valence-electron chi connectivity index (χ3n) is 2.43. The van der Waals surface area contributed by atoms with E-state index in [2.05, 4.69) is 4.72 Å². The van der Waals surface area contributed by atoms with Gasteiger partial charge >= 0.3 is 0 Å². The summed E-state index contributed by atoms with van der Waals surface area (Å²) in [5, 5.41) is 0. The van der Waals surface area contributed by atoms with Gasteiger partial charge in [0.2, 0.25) is 10.0 Å². The van der Waals surface area contributed by atoms with Gasteiger partial charge in [0.05, 0.1) is 5.75 Å². The summed E-state index contributed by atoms with van der Waals surface area (Å²) in [5.74, 6) is 1.07. The van der Waals surface area contributed by atoms with Crippen LogP contribution in [-0.4, -0.2) is 42.7 Å². The Hall–Kier alpha value is -0.570. The standard InChI is InChI=1S/C12H20N2O3S3/c1-19(15)9-2-7-14-20(16,17)10-8-18-12-5-3-11(13)4-6-12/h3-6,14H,2,7-10,13H2,1H3. The summed E-state index contributed by atoms with van der Waals surface area (Å²) in [5.41, 5.74) is 6.27. The molecule has 0 spiro atoms. The minimum atomic E-state index is -3.25. The van der Waals surface area contributed by atoms with E-state index in [1.54, 1.807) is 18.4 Å². The first-order valence-corrected chi connectivity index (χ1v) is 10.5. The second-order valence-corrected chi connectivity index (χ2v) is 8.91. The molecule has 8 heteroatoms. The van der Waals surface area contributed by atoms with Crippen LogP contribution < -0.4 is 10.5 Å². The molecule has 5 nitrogen and oxygen atoms in total. The molecule has 0 saturated carbocycles. The SMILES string of the molecule is CS(=O)CCCNS(=O)(=O)CCSc1ccc(N)cc1. The van der Waals surface area contributed by atoms with Crippen molar-refractivity contribution in [3.8, 4) is 0 Å². The van der Waals surface area contributed by atoms with Crippen LogP contribution in [0, 0.1) is 0 Å². The van der Waals surface area contributed by atoms with E-state index in [0.717, 1.165) is 4.90 Å². The lowest BCUT2D eigenvalue weighted by atomic mass is 10.3. The van der Waals surface area contributed by atoms with E-state index in [1.165, 1.54) is 11.8 Å². The average molecular weight is 337 g/mol. The molecule has 1 unspecified atom stereocenters. The number of benzene rings is 1. The van der Waals surface area contributed by atoms with E-state index in [9.17, 15) is 12.6 Å². The first kappa shape index (κ1) is 17.5. The maximum Gasteiger partial charge on any atom is 0.212 e. The highest BCUT2D eigenvalue weighted by atomic mass is 32.2. The molecule has 1 rings (SSSR count). The van der Waals surface area contributed by atoms with Crippen LogP contribution in [0.3, 0.4) is 0 Å². The summed E-state index contributed by atoms with van der Waals surface area (Å²) in [4.78, 5) is 0.996. The highest BCUT2D eigenvalue weighted by Gasteiger charge is 2.09. The van der Waals surface area contributed by atoms with Crippen LogP contribution in [0.5, 0.6) is 0 Å². The predicted octanol–water partition coefficient (Wildman–Crippen LogP) is 1.05. The van der Waals surface area contributed by atoms with Gasteiger partial charge in [-0.25, -0.2) is 13.1 Å². The van der Waals surface area contributed by atoms with Gasteiger partial charge < -0.3 is 5.73 Å². The Bertz CT molecular complexity index is 529. The summed E-state index contributed by atoms with van der Waals surface area (Å²) in [6.07, 6.45) is 2.20. The average Bonchev–Trinajstić information content (AvgIpc) is 2.37. The molecule has 0 fully saturated rings. The number of nitrogens with two attached hydrogens (primary N) is 1. The van der Waals surface area contributed by atoms with Crippen molar-refractivity contribution in [2.75, 3.05) is 35.8 Å². The maximum absolute atomic E-state index is 11.7. The maximum atomic E-state index is 11.7. The third kappa shape index (κ3) is 7.88. The minimum absolute atomic E-state index is 0.0667. The zero-order valence-corrected chi connectivity index (χ0v) is 13.8. The minimum Gasteiger partial charge on any atom is -0.399 e. The summed E-state index contributed by atoms with van der Waals surface area (Å²) in [7, 11) is -4.13. The lowest BCUT2D eigenvalue weighted by Gasteiger charge is -2.06. The van der Waals surface area contributed by atoms with Crippen molar-refractivity contribution < 1.29 is 12.6 Å². The van der Waals surface area contributed by atoms with E-state index in [4.69, 9.17) is 5.73 Å². The normalized spacial score (nSPS) is 13.2. The van der Waals surface area contributed by atoms with Crippen molar-refractivity contribution in [1.29, 1.82) is 0 Å². The van der Waals surface area contributed by atoms with Crippen molar-refractivity contribution in [2.45, 2.75) is 11.3 Å². The fourth-order valence-electron chi connectivity index (χ4n) is 1.41. The Kier molecular flexibility index (Phi) is 7.57. The van der Waals surface area contributed by atoms with Crippen molar-refractivity contribution in [3.05, 3.63) is 24.3 Å². The summed E-state index contributed by atoms with van der Waals surface area (Å²) < 4.78 is 36.8. The number of hydrogen-bond donors (Lipinski definition) is 2. The van der Waals surface area contributed by atoms with E-state index in [0.29, 0.717) is 30.2 Å². The highest BCUT2D eigenvalue weighted by Crippen LogP contribution is 2.19. The monoisotopic (exact) mass is 336 g/mol. The number of sulfonamides is 1. The van der Waals surface area contributed by atoms with Crippen LogP contribution in [0.1, 0.15) is 6.42 Å². The van der Waals surface area contributed by atoms with Gasteiger partial charge in [-0.05, 0) is 30.7 Å². The molecular formula is C12H20N2O3S3. The Morgan fingerprint density at radius 1 is 1.30 bits per heavy atom. The van der Waals surface area contributed by atoms with Gasteiger partial charge in [-0.15, -0.1) is 11.8 Å². The summed E-state index contributed by atoms with van der Waals surface area (Å²) in [6.45, 7) is 0.342. The Morgan fingerprint density at radius 3 is 2.55 bits per heavy atom. The Balaban J connectivity index is 2.25. The zero-order valence-electron chi connectivity index (χ0n) is 11.4. The van der Waals surface area contributed by atoms with Crippen LogP contribution in [-0.2, 0) is 20.8 Å². The van der Waals surface area contributed by atoms with Crippen molar-refractivity contribution in [3.63, 3.8) is 0 Å². The van der Waals surface area contributed by atoms with E-state index in [-0.39, 0.29) is 5.75 Å². The number of nitrogens with one attached hydrogen (secondary N) is 1. The molecule has 1 atom stereocenters. The molecular weight excluding hydrogens is 316 g/mol. The molecule has 0 aliphatic carbocycles. The summed E-state index contributed by atoms with van der Waals surface area (Å²) >= 11 is 1.48. The van der Waals surface area contributed by atoms with Crippen LogP contribution in [0.2, 0.25) is 0 Å². The highest BCUT2D eigenvalue weighted by molar-refractivity contribution is 8.00.